The van der Waals surface area contributed by atoms with E-state index in [0.717, 1.165) is 10.2 Å². The molecule has 10 nitrogen and oxygen atoms in total. The minimum Gasteiger partial charge on any atom is -0.378 e. The van der Waals surface area contributed by atoms with E-state index in [4.69, 9.17) is 16.3 Å². The highest BCUT2D eigenvalue weighted by Gasteiger charge is 2.25. The molecule has 1 aliphatic rings. The average molecular weight is 551 g/mol. The van der Waals surface area contributed by atoms with Gasteiger partial charge in [0.25, 0.3) is 11.1 Å². The van der Waals surface area contributed by atoms with Crippen LogP contribution in [0.2, 0.25) is 5.02 Å². The minimum atomic E-state index is -0.367. The number of ether oxygens (including phenoxy) is 1. The Balaban J connectivity index is 1.52. The number of anilines is 1. The lowest BCUT2D eigenvalue weighted by Crippen LogP contribution is -2.49. The Kier molecular flexibility index (Phi) is 6.26. The third kappa shape index (κ3) is 4.28. The molecule has 5 aromatic rings. The van der Waals surface area contributed by atoms with Crippen molar-refractivity contribution in [2.24, 2.45) is 0 Å². The molecule has 2 aromatic carbocycles. The van der Waals surface area contributed by atoms with Gasteiger partial charge in [0.05, 0.1) is 53.1 Å². The number of hydrogen-bond acceptors (Lipinski definition) is 7. The number of fused-ring (bicyclic) bond motifs is 2. The summed E-state index contributed by atoms with van der Waals surface area (Å²) in [4.78, 5) is 45.1. The fourth-order valence-electron chi connectivity index (χ4n) is 4.77. The summed E-state index contributed by atoms with van der Waals surface area (Å²) in [5.74, 6) is -0.367. The lowest BCUT2D eigenvalue weighted by atomic mass is 10.2. The highest BCUT2D eigenvalue weighted by Crippen LogP contribution is 2.26. The first-order valence-electron chi connectivity index (χ1n) is 12.0. The Morgan fingerprint density at radius 2 is 1.84 bits per heavy atom. The maximum absolute atomic E-state index is 14.0. The number of thiazole rings is 1. The number of aromatic nitrogens is 4. The SMILES string of the molecule is Cc1c2c(=O)n(-c3nc4ccccc4s3)n(CC(=O)Nc3ccc(Cl)cc3)c2cc(=O)n1N1CCOCC1. The molecule has 6 rings (SSSR count). The standard InChI is InChI=1S/C26H23ClN6O4S/c1-16-24-20(14-23(35)32(16)30-10-12-37-13-11-30)31(15-22(34)28-18-8-6-17(27)7-9-18)33(25(24)36)26-29-19-4-2-3-5-21(19)38-26/h2-9,14H,10-13,15H2,1H3,(H,28,34). The van der Waals surface area contributed by atoms with Crippen molar-refractivity contribution in [3.05, 3.63) is 86.0 Å². The van der Waals surface area contributed by atoms with Gasteiger partial charge in [-0.3, -0.25) is 19.1 Å². The van der Waals surface area contributed by atoms with Crippen LogP contribution in [0.4, 0.5) is 5.69 Å². The zero-order chi connectivity index (χ0) is 26.4. The van der Waals surface area contributed by atoms with Crippen molar-refractivity contribution in [3.63, 3.8) is 0 Å². The van der Waals surface area contributed by atoms with E-state index in [0.29, 0.717) is 58.7 Å². The number of morpholine rings is 1. The molecule has 0 radical (unpaired) electrons. The predicted molar refractivity (Wildman–Crippen MR) is 149 cm³/mol. The van der Waals surface area contributed by atoms with Crippen LogP contribution in [-0.4, -0.2) is 51.2 Å². The van der Waals surface area contributed by atoms with Gasteiger partial charge in [-0.2, -0.15) is 4.68 Å². The molecule has 194 valence electrons. The smallest absolute Gasteiger partial charge is 0.283 e. The molecule has 0 atom stereocenters. The first kappa shape index (κ1) is 24.4. The number of carbonyl (C=O) groups is 1. The van der Waals surface area contributed by atoms with Gasteiger partial charge in [0, 0.05) is 16.8 Å². The lowest BCUT2D eigenvalue weighted by molar-refractivity contribution is -0.116. The van der Waals surface area contributed by atoms with Gasteiger partial charge in [0.15, 0.2) is 0 Å². The third-order valence-corrected chi connectivity index (χ3v) is 7.75. The van der Waals surface area contributed by atoms with E-state index in [1.54, 1.807) is 31.2 Å². The van der Waals surface area contributed by atoms with Crippen LogP contribution in [0, 0.1) is 6.92 Å². The molecular weight excluding hydrogens is 528 g/mol. The number of aryl methyl sites for hydroxylation is 1. The number of pyridine rings is 1. The zero-order valence-electron chi connectivity index (χ0n) is 20.4. The lowest BCUT2D eigenvalue weighted by Gasteiger charge is -2.31. The van der Waals surface area contributed by atoms with Gasteiger partial charge in [-0.1, -0.05) is 35.1 Å². The van der Waals surface area contributed by atoms with Crippen LogP contribution in [0.25, 0.3) is 26.3 Å². The van der Waals surface area contributed by atoms with Gasteiger partial charge in [-0.15, -0.1) is 0 Å². The van der Waals surface area contributed by atoms with Crippen LogP contribution >= 0.6 is 22.9 Å². The maximum Gasteiger partial charge on any atom is 0.283 e. The Hall–Kier alpha value is -3.93. The Bertz CT molecular complexity index is 1760. The average Bonchev–Trinajstić information content (AvgIpc) is 3.44. The quantitative estimate of drug-likeness (QED) is 0.361. The van der Waals surface area contributed by atoms with E-state index in [9.17, 15) is 14.4 Å². The van der Waals surface area contributed by atoms with Crippen LogP contribution in [-0.2, 0) is 16.1 Å². The molecule has 3 aromatic heterocycles. The van der Waals surface area contributed by atoms with E-state index in [1.807, 2.05) is 29.3 Å². The largest absolute Gasteiger partial charge is 0.378 e. The maximum atomic E-state index is 14.0. The second-order valence-corrected chi connectivity index (χ2v) is 10.3. The van der Waals surface area contributed by atoms with Gasteiger partial charge >= 0.3 is 0 Å². The molecule has 1 N–H and O–H groups in total. The summed E-state index contributed by atoms with van der Waals surface area (Å²) in [5.41, 5.74) is 1.55. The molecule has 0 unspecified atom stereocenters. The van der Waals surface area contributed by atoms with Gasteiger partial charge in [-0.05, 0) is 43.3 Å². The number of nitrogens with one attached hydrogen (secondary N) is 1. The van der Waals surface area contributed by atoms with Crippen molar-refractivity contribution in [2.75, 3.05) is 36.6 Å². The number of rotatable bonds is 5. The summed E-state index contributed by atoms with van der Waals surface area (Å²) in [7, 11) is 0. The monoisotopic (exact) mass is 550 g/mol. The Morgan fingerprint density at radius 1 is 1.11 bits per heavy atom. The number of amides is 1. The molecule has 0 bridgehead atoms. The van der Waals surface area contributed by atoms with Crippen LogP contribution in [0.5, 0.6) is 0 Å². The Labute approximate surface area is 225 Å². The highest BCUT2D eigenvalue weighted by molar-refractivity contribution is 7.20. The number of carbonyl (C=O) groups excluding carboxylic acids is 1. The molecule has 1 amide bonds. The van der Waals surface area contributed by atoms with Crippen LogP contribution in [0.15, 0.2) is 64.2 Å². The molecule has 12 heteroatoms. The summed E-state index contributed by atoms with van der Waals surface area (Å²) < 4.78 is 10.8. The number of halogens is 1. The summed E-state index contributed by atoms with van der Waals surface area (Å²) in [5, 5.41) is 6.04. The number of benzene rings is 2. The van der Waals surface area contributed by atoms with E-state index in [-0.39, 0.29) is 23.6 Å². The second-order valence-electron chi connectivity index (χ2n) is 8.90. The van der Waals surface area contributed by atoms with Crippen LogP contribution in [0.1, 0.15) is 5.69 Å². The van der Waals surface area contributed by atoms with Gasteiger partial charge in [-0.25, -0.2) is 9.66 Å². The van der Waals surface area contributed by atoms with Gasteiger partial charge in [0.2, 0.25) is 11.0 Å². The predicted octanol–water partition coefficient (Wildman–Crippen LogP) is 3.13. The molecule has 0 saturated carbocycles. The number of para-hydroxylation sites is 1. The van der Waals surface area contributed by atoms with E-state index < -0.39 is 0 Å². The molecule has 1 saturated heterocycles. The molecule has 4 heterocycles. The van der Waals surface area contributed by atoms with Crippen molar-refractivity contribution in [1.29, 1.82) is 0 Å². The van der Waals surface area contributed by atoms with Crippen molar-refractivity contribution in [2.45, 2.75) is 13.5 Å². The summed E-state index contributed by atoms with van der Waals surface area (Å²) in [6.07, 6.45) is 0. The van der Waals surface area contributed by atoms with E-state index >= 15 is 0 Å². The number of hydrogen-bond donors (Lipinski definition) is 1. The highest BCUT2D eigenvalue weighted by atomic mass is 35.5. The molecule has 0 aliphatic carbocycles. The minimum absolute atomic E-state index is 0.211. The third-order valence-electron chi connectivity index (χ3n) is 6.49. The molecule has 1 aliphatic heterocycles. The van der Waals surface area contributed by atoms with Crippen molar-refractivity contribution in [3.8, 4) is 5.13 Å². The Morgan fingerprint density at radius 3 is 2.58 bits per heavy atom. The van der Waals surface area contributed by atoms with Crippen LogP contribution < -0.4 is 21.4 Å². The normalized spacial score (nSPS) is 13.9. The van der Waals surface area contributed by atoms with E-state index in [1.165, 1.54) is 31.4 Å². The van der Waals surface area contributed by atoms with Crippen molar-refractivity contribution in [1.82, 2.24) is 19.0 Å². The van der Waals surface area contributed by atoms with Gasteiger partial charge in [0.1, 0.15) is 6.54 Å². The second kappa shape index (κ2) is 9.75. The van der Waals surface area contributed by atoms with Crippen molar-refractivity contribution < 1.29 is 9.53 Å². The van der Waals surface area contributed by atoms with Crippen molar-refractivity contribution >= 4 is 55.7 Å². The fourth-order valence-corrected chi connectivity index (χ4v) is 5.87. The molecule has 38 heavy (non-hydrogen) atoms. The van der Waals surface area contributed by atoms with Gasteiger partial charge < -0.3 is 15.1 Å². The molecule has 1 fully saturated rings. The molecule has 0 spiro atoms. The summed E-state index contributed by atoms with van der Waals surface area (Å²) >= 11 is 7.31. The first-order chi connectivity index (χ1) is 18.4. The number of nitrogens with zero attached hydrogens (tertiary/aromatic N) is 5. The first-order valence-corrected chi connectivity index (χ1v) is 13.2. The zero-order valence-corrected chi connectivity index (χ0v) is 22.0. The summed E-state index contributed by atoms with van der Waals surface area (Å²) in [6, 6.07) is 15.7. The fraction of sp³-hybridized carbons (Fsp3) is 0.231. The molecular formula is C26H23ClN6O4S. The summed E-state index contributed by atoms with van der Waals surface area (Å²) in [6.45, 7) is 3.58. The van der Waals surface area contributed by atoms with E-state index in [2.05, 4.69) is 10.3 Å². The topological polar surface area (TPSA) is 103 Å². The van der Waals surface area contributed by atoms with Crippen LogP contribution in [0.3, 0.4) is 0 Å².